The molecule has 6 nitrogen and oxygen atoms in total. The topological polar surface area (TPSA) is 78.6 Å². The monoisotopic (exact) mass is 329 g/mol. The number of carbonyl (C=O) groups is 1. The van der Waals surface area contributed by atoms with Crippen LogP contribution in [0.25, 0.3) is 0 Å². The van der Waals surface area contributed by atoms with Gasteiger partial charge >= 0.3 is 0 Å². The molecule has 6 heteroatoms. The van der Waals surface area contributed by atoms with Crippen LogP contribution in [0.4, 0.5) is 5.82 Å². The number of rotatable bonds is 5. The van der Waals surface area contributed by atoms with Crippen molar-refractivity contribution >= 4 is 11.7 Å². The van der Waals surface area contributed by atoms with Gasteiger partial charge in [0.05, 0.1) is 12.1 Å². The molecule has 128 valence electrons. The van der Waals surface area contributed by atoms with E-state index in [1.165, 1.54) is 12.8 Å². The molecule has 0 aromatic carbocycles. The van der Waals surface area contributed by atoms with Crippen LogP contribution in [0.5, 0.6) is 0 Å². The van der Waals surface area contributed by atoms with Crippen molar-refractivity contribution in [3.63, 3.8) is 0 Å². The fourth-order valence-corrected chi connectivity index (χ4v) is 2.82. The third kappa shape index (κ3) is 3.59. The van der Waals surface area contributed by atoms with Gasteiger partial charge in [-0.1, -0.05) is 0 Å². The quantitative estimate of drug-likeness (QED) is 0.879. The number of anilines is 1. The Hall–Kier alpha value is -2.34. The highest BCUT2D eigenvalue weighted by molar-refractivity contribution is 5.94. The molecule has 0 spiro atoms. The van der Waals surface area contributed by atoms with Crippen LogP contribution >= 0.6 is 0 Å². The van der Waals surface area contributed by atoms with Gasteiger partial charge in [0.1, 0.15) is 22.9 Å². The molecule has 1 aliphatic heterocycles. The van der Waals surface area contributed by atoms with Gasteiger partial charge in [0, 0.05) is 19.3 Å². The van der Waals surface area contributed by atoms with Crippen molar-refractivity contribution in [3.8, 4) is 0 Å². The van der Waals surface area contributed by atoms with Crippen LogP contribution in [0, 0.1) is 6.92 Å². The fourth-order valence-electron chi connectivity index (χ4n) is 2.82. The zero-order valence-electron chi connectivity index (χ0n) is 14.1. The maximum absolute atomic E-state index is 12.3. The number of furan rings is 1. The van der Waals surface area contributed by atoms with Crippen molar-refractivity contribution < 1.29 is 14.3 Å². The Kier molecular flexibility index (Phi) is 4.57. The molecule has 0 saturated carbocycles. The van der Waals surface area contributed by atoms with Crippen LogP contribution in [-0.4, -0.2) is 35.6 Å². The van der Waals surface area contributed by atoms with Gasteiger partial charge in [0.25, 0.3) is 5.91 Å². The SMILES string of the molecule is Cc1ccc(C(C)(O)CNC(=O)c2ccc(N3CCCC3)nc2)o1. The highest BCUT2D eigenvalue weighted by atomic mass is 16.4. The van der Waals surface area contributed by atoms with Gasteiger partial charge < -0.3 is 19.7 Å². The summed E-state index contributed by atoms with van der Waals surface area (Å²) in [5.74, 6) is 1.79. The van der Waals surface area contributed by atoms with E-state index in [0.717, 1.165) is 24.7 Å². The Labute approximate surface area is 141 Å². The summed E-state index contributed by atoms with van der Waals surface area (Å²) < 4.78 is 5.44. The standard InChI is InChI=1S/C18H23N3O3/c1-13-5-7-15(24-13)18(2,23)12-20-17(22)14-6-8-16(19-11-14)21-9-3-4-10-21/h5-8,11,23H,3-4,9-10,12H2,1-2H3,(H,20,22). The minimum Gasteiger partial charge on any atom is -0.463 e. The van der Waals surface area contributed by atoms with Crippen molar-refractivity contribution in [3.05, 3.63) is 47.5 Å². The highest BCUT2D eigenvalue weighted by Crippen LogP contribution is 2.22. The molecule has 3 rings (SSSR count). The number of carbonyl (C=O) groups excluding carboxylic acids is 1. The van der Waals surface area contributed by atoms with E-state index in [-0.39, 0.29) is 12.5 Å². The summed E-state index contributed by atoms with van der Waals surface area (Å²) >= 11 is 0. The second-order valence-electron chi connectivity index (χ2n) is 6.47. The molecule has 1 unspecified atom stereocenters. The molecule has 3 heterocycles. The van der Waals surface area contributed by atoms with Crippen molar-refractivity contribution in [1.82, 2.24) is 10.3 Å². The predicted molar refractivity (Wildman–Crippen MR) is 91.0 cm³/mol. The van der Waals surface area contributed by atoms with E-state index in [1.54, 1.807) is 31.3 Å². The summed E-state index contributed by atoms with van der Waals surface area (Å²) in [6.07, 6.45) is 3.95. The fraction of sp³-hybridized carbons (Fsp3) is 0.444. The van der Waals surface area contributed by atoms with Crippen molar-refractivity contribution in [1.29, 1.82) is 0 Å². The number of nitrogens with one attached hydrogen (secondary N) is 1. The molecule has 1 saturated heterocycles. The minimum atomic E-state index is -1.26. The molecule has 0 aliphatic carbocycles. The molecule has 0 radical (unpaired) electrons. The van der Waals surface area contributed by atoms with Crippen LogP contribution in [0.2, 0.25) is 0 Å². The van der Waals surface area contributed by atoms with Gasteiger partial charge in [-0.2, -0.15) is 0 Å². The van der Waals surface area contributed by atoms with Gasteiger partial charge in [-0.15, -0.1) is 0 Å². The number of aryl methyl sites for hydroxylation is 1. The number of nitrogens with zero attached hydrogens (tertiary/aromatic N) is 2. The lowest BCUT2D eigenvalue weighted by Gasteiger charge is -2.21. The van der Waals surface area contributed by atoms with E-state index >= 15 is 0 Å². The summed E-state index contributed by atoms with van der Waals surface area (Å²) in [6, 6.07) is 7.14. The lowest BCUT2D eigenvalue weighted by Crippen LogP contribution is -2.38. The molecule has 1 amide bonds. The van der Waals surface area contributed by atoms with Crippen LogP contribution in [-0.2, 0) is 5.60 Å². The first kappa shape index (κ1) is 16.5. The maximum Gasteiger partial charge on any atom is 0.252 e. The number of aliphatic hydroxyl groups is 1. The zero-order chi connectivity index (χ0) is 17.2. The largest absolute Gasteiger partial charge is 0.463 e. The Morgan fingerprint density at radius 2 is 2.08 bits per heavy atom. The number of aromatic nitrogens is 1. The number of hydrogen-bond acceptors (Lipinski definition) is 5. The first-order valence-corrected chi connectivity index (χ1v) is 8.24. The minimum absolute atomic E-state index is 0.0622. The predicted octanol–water partition coefficient (Wildman–Crippen LogP) is 2.22. The highest BCUT2D eigenvalue weighted by Gasteiger charge is 2.27. The molecular weight excluding hydrogens is 306 g/mol. The lowest BCUT2D eigenvalue weighted by molar-refractivity contribution is 0.0323. The third-order valence-corrected chi connectivity index (χ3v) is 4.30. The summed E-state index contributed by atoms with van der Waals surface area (Å²) in [7, 11) is 0. The smallest absolute Gasteiger partial charge is 0.252 e. The summed E-state index contributed by atoms with van der Waals surface area (Å²) in [5, 5.41) is 13.2. The molecule has 2 N–H and O–H groups in total. The second kappa shape index (κ2) is 6.65. The zero-order valence-corrected chi connectivity index (χ0v) is 14.1. The molecule has 1 atom stereocenters. The van der Waals surface area contributed by atoms with E-state index in [0.29, 0.717) is 11.3 Å². The first-order valence-electron chi connectivity index (χ1n) is 8.24. The van der Waals surface area contributed by atoms with Crippen molar-refractivity contribution in [2.24, 2.45) is 0 Å². The van der Waals surface area contributed by atoms with E-state index in [2.05, 4.69) is 15.2 Å². The summed E-state index contributed by atoms with van der Waals surface area (Å²) in [4.78, 5) is 18.8. The first-order chi connectivity index (χ1) is 11.5. The molecule has 1 aliphatic rings. The Bertz CT molecular complexity index is 701. The maximum atomic E-state index is 12.3. The summed E-state index contributed by atoms with van der Waals surface area (Å²) in [5.41, 5.74) is -0.781. The van der Waals surface area contributed by atoms with Gasteiger partial charge in [0.15, 0.2) is 0 Å². The van der Waals surface area contributed by atoms with Crippen molar-refractivity contribution in [2.75, 3.05) is 24.5 Å². The van der Waals surface area contributed by atoms with Crippen LogP contribution < -0.4 is 10.2 Å². The third-order valence-electron chi connectivity index (χ3n) is 4.30. The second-order valence-corrected chi connectivity index (χ2v) is 6.47. The molecule has 1 fully saturated rings. The molecule has 2 aromatic rings. The van der Waals surface area contributed by atoms with Crippen LogP contribution in [0.3, 0.4) is 0 Å². The van der Waals surface area contributed by atoms with Gasteiger partial charge in [-0.05, 0) is 51.0 Å². The van der Waals surface area contributed by atoms with E-state index in [4.69, 9.17) is 4.42 Å². The molecule has 24 heavy (non-hydrogen) atoms. The van der Waals surface area contributed by atoms with E-state index in [9.17, 15) is 9.90 Å². The Morgan fingerprint density at radius 1 is 1.33 bits per heavy atom. The van der Waals surface area contributed by atoms with Crippen molar-refractivity contribution in [2.45, 2.75) is 32.3 Å². The summed E-state index contributed by atoms with van der Waals surface area (Å²) in [6.45, 7) is 5.52. The Balaban J connectivity index is 1.60. The van der Waals surface area contributed by atoms with Crippen LogP contribution in [0.1, 0.15) is 41.6 Å². The number of pyridine rings is 1. The van der Waals surface area contributed by atoms with Gasteiger partial charge in [-0.25, -0.2) is 4.98 Å². The van der Waals surface area contributed by atoms with Gasteiger partial charge in [-0.3, -0.25) is 4.79 Å². The number of hydrogen-bond donors (Lipinski definition) is 2. The van der Waals surface area contributed by atoms with Gasteiger partial charge in [0.2, 0.25) is 0 Å². The normalized spacial score (nSPS) is 16.9. The number of amides is 1. The molecule has 0 bridgehead atoms. The lowest BCUT2D eigenvalue weighted by atomic mass is 10.0. The Morgan fingerprint density at radius 3 is 2.67 bits per heavy atom. The molecule has 2 aromatic heterocycles. The van der Waals surface area contributed by atoms with E-state index < -0.39 is 5.60 Å². The van der Waals surface area contributed by atoms with E-state index in [1.807, 2.05) is 13.0 Å². The average Bonchev–Trinajstić information content (AvgIpc) is 3.24. The molecular formula is C18H23N3O3. The van der Waals surface area contributed by atoms with Crippen LogP contribution in [0.15, 0.2) is 34.9 Å². The average molecular weight is 329 g/mol.